The van der Waals surface area contributed by atoms with Gasteiger partial charge in [-0.3, -0.25) is 14.2 Å². The number of carbonyl (C=O) groups is 1. The van der Waals surface area contributed by atoms with Crippen molar-refractivity contribution in [3.63, 3.8) is 0 Å². The topological polar surface area (TPSA) is 113 Å². The number of hydrogen-bond donors (Lipinski definition) is 1. The highest BCUT2D eigenvalue weighted by molar-refractivity contribution is 7.25. The molecule has 2 aromatic carbocycles. The number of thiophene rings is 1. The van der Waals surface area contributed by atoms with E-state index in [1.807, 2.05) is 36.4 Å². The molecule has 3 heterocycles. The molecule has 3 aromatic heterocycles. The minimum Gasteiger partial charge on any atom is -0.497 e. The van der Waals surface area contributed by atoms with E-state index in [9.17, 15) is 9.59 Å². The predicted octanol–water partition coefficient (Wildman–Crippen LogP) is 4.23. The van der Waals surface area contributed by atoms with Crippen LogP contribution < -0.4 is 16.0 Å². The van der Waals surface area contributed by atoms with Crippen LogP contribution in [0.5, 0.6) is 5.75 Å². The van der Waals surface area contributed by atoms with Gasteiger partial charge in [0, 0.05) is 15.6 Å². The first-order valence-corrected chi connectivity index (χ1v) is 12.1. The Kier molecular flexibility index (Phi) is 5.14. The zero-order valence-corrected chi connectivity index (χ0v) is 19.8. The summed E-state index contributed by atoms with van der Waals surface area (Å²) in [5, 5.41) is 1.30. The summed E-state index contributed by atoms with van der Waals surface area (Å²) in [5.41, 5.74) is 8.13. The predicted molar refractivity (Wildman–Crippen MR) is 134 cm³/mol. The first-order valence-electron chi connectivity index (χ1n) is 11.3. The molecule has 35 heavy (non-hydrogen) atoms. The fourth-order valence-electron chi connectivity index (χ4n) is 4.60. The molecule has 0 atom stereocenters. The average Bonchev–Trinajstić information content (AvgIpc) is 3.43. The SMILES string of the molecule is COc1ccc(-c2nc3sc4c(CC(N)=O)cccc4c3c(=O)n2Cc2cnco2)c(C2CC2)c1. The van der Waals surface area contributed by atoms with Crippen LogP contribution in [0, 0.1) is 0 Å². The van der Waals surface area contributed by atoms with Crippen molar-refractivity contribution in [1.29, 1.82) is 0 Å². The number of nitrogens with zero attached hydrogens (tertiary/aromatic N) is 3. The van der Waals surface area contributed by atoms with E-state index in [2.05, 4.69) is 4.98 Å². The maximum Gasteiger partial charge on any atom is 0.263 e. The normalized spacial score (nSPS) is 13.5. The fourth-order valence-corrected chi connectivity index (χ4v) is 5.77. The summed E-state index contributed by atoms with van der Waals surface area (Å²) in [7, 11) is 1.65. The van der Waals surface area contributed by atoms with Gasteiger partial charge in [-0.1, -0.05) is 18.2 Å². The first kappa shape index (κ1) is 21.5. The molecular formula is C26H22N4O4S. The summed E-state index contributed by atoms with van der Waals surface area (Å²) >= 11 is 1.41. The monoisotopic (exact) mass is 486 g/mol. The molecule has 6 rings (SSSR count). The third-order valence-electron chi connectivity index (χ3n) is 6.38. The minimum absolute atomic E-state index is 0.105. The van der Waals surface area contributed by atoms with Gasteiger partial charge in [0.15, 0.2) is 6.39 Å². The van der Waals surface area contributed by atoms with Crippen molar-refractivity contribution < 1.29 is 13.9 Å². The summed E-state index contributed by atoms with van der Waals surface area (Å²) in [4.78, 5) is 35.3. The number of aromatic nitrogens is 3. The van der Waals surface area contributed by atoms with Crippen LogP contribution in [0.4, 0.5) is 0 Å². The number of primary amides is 1. The van der Waals surface area contributed by atoms with Gasteiger partial charge in [0.05, 0.1) is 31.7 Å². The number of hydrogen-bond acceptors (Lipinski definition) is 7. The zero-order chi connectivity index (χ0) is 24.1. The van der Waals surface area contributed by atoms with Crippen LogP contribution in [-0.2, 0) is 17.8 Å². The number of methoxy groups -OCH3 is 1. The van der Waals surface area contributed by atoms with E-state index in [0.29, 0.717) is 27.7 Å². The molecule has 8 nitrogen and oxygen atoms in total. The van der Waals surface area contributed by atoms with Gasteiger partial charge in [-0.15, -0.1) is 11.3 Å². The van der Waals surface area contributed by atoms with Crippen LogP contribution in [0.25, 0.3) is 31.7 Å². The number of oxazole rings is 1. The van der Waals surface area contributed by atoms with Crippen LogP contribution in [0.2, 0.25) is 0 Å². The highest BCUT2D eigenvalue weighted by Gasteiger charge is 2.29. The average molecular weight is 487 g/mol. The van der Waals surface area contributed by atoms with E-state index in [1.54, 1.807) is 17.9 Å². The minimum atomic E-state index is -0.418. The zero-order valence-electron chi connectivity index (χ0n) is 19.0. The number of amides is 1. The molecule has 0 saturated heterocycles. The maximum atomic E-state index is 14.0. The van der Waals surface area contributed by atoms with E-state index in [-0.39, 0.29) is 18.5 Å². The molecule has 176 valence electrons. The molecule has 0 aliphatic heterocycles. The van der Waals surface area contributed by atoms with Gasteiger partial charge in [-0.05, 0) is 48.1 Å². The molecule has 1 aliphatic rings. The molecule has 0 radical (unpaired) electrons. The molecule has 0 unspecified atom stereocenters. The standard InChI is InChI=1S/C26H22N4O4S/c1-33-16-7-8-18(20(10-16)14-5-6-14)24-29-25-22(26(32)30(24)12-17-11-28-13-34-17)19-4-2-3-15(9-21(27)31)23(19)35-25/h2-4,7-8,10-11,13-14H,5-6,9,12H2,1H3,(H2,27,31). The Bertz CT molecular complexity index is 1650. The van der Waals surface area contributed by atoms with Gasteiger partial charge in [0.1, 0.15) is 22.2 Å². The van der Waals surface area contributed by atoms with Crippen molar-refractivity contribution >= 4 is 37.5 Å². The second-order valence-electron chi connectivity index (χ2n) is 8.74. The van der Waals surface area contributed by atoms with Crippen molar-refractivity contribution in [2.75, 3.05) is 7.11 Å². The lowest BCUT2D eigenvalue weighted by atomic mass is 10.0. The van der Waals surface area contributed by atoms with E-state index >= 15 is 0 Å². The molecule has 1 fully saturated rings. The third kappa shape index (κ3) is 3.77. The molecule has 2 N–H and O–H groups in total. The lowest BCUT2D eigenvalue weighted by Crippen LogP contribution is -2.24. The van der Waals surface area contributed by atoms with Crippen molar-refractivity contribution in [2.24, 2.45) is 5.73 Å². The van der Waals surface area contributed by atoms with E-state index in [0.717, 1.165) is 45.4 Å². The van der Waals surface area contributed by atoms with Gasteiger partial charge < -0.3 is 14.9 Å². The number of nitrogens with two attached hydrogens (primary N) is 1. The number of carbonyl (C=O) groups excluding carboxylic acids is 1. The summed E-state index contributed by atoms with van der Waals surface area (Å²) < 4.78 is 13.5. The van der Waals surface area contributed by atoms with Crippen LogP contribution in [-0.4, -0.2) is 27.6 Å². The van der Waals surface area contributed by atoms with E-state index in [4.69, 9.17) is 19.9 Å². The maximum absolute atomic E-state index is 14.0. The quantitative estimate of drug-likeness (QED) is 0.368. The summed E-state index contributed by atoms with van der Waals surface area (Å²) in [6.45, 7) is 0.200. The second kappa shape index (κ2) is 8.35. The van der Waals surface area contributed by atoms with Gasteiger partial charge in [0.25, 0.3) is 5.56 Å². The Morgan fingerprint density at radius 2 is 2.14 bits per heavy atom. The van der Waals surface area contributed by atoms with Crippen molar-refractivity contribution in [3.8, 4) is 17.1 Å². The van der Waals surface area contributed by atoms with Crippen molar-refractivity contribution in [1.82, 2.24) is 14.5 Å². The summed E-state index contributed by atoms with van der Waals surface area (Å²) in [6.07, 6.45) is 5.24. The van der Waals surface area contributed by atoms with Crippen molar-refractivity contribution in [3.05, 3.63) is 76.2 Å². The van der Waals surface area contributed by atoms with E-state index in [1.165, 1.54) is 17.7 Å². The largest absolute Gasteiger partial charge is 0.497 e. The number of fused-ring (bicyclic) bond motifs is 3. The van der Waals surface area contributed by atoms with Gasteiger partial charge in [-0.2, -0.15) is 0 Å². The molecule has 5 aromatic rings. The summed E-state index contributed by atoms with van der Waals surface area (Å²) in [5.74, 6) is 1.91. The molecule has 1 amide bonds. The lowest BCUT2D eigenvalue weighted by molar-refractivity contribution is -0.117. The number of rotatable bonds is 7. The highest BCUT2D eigenvalue weighted by atomic mass is 32.1. The van der Waals surface area contributed by atoms with E-state index < -0.39 is 5.91 Å². The van der Waals surface area contributed by atoms with Gasteiger partial charge in [-0.25, -0.2) is 9.97 Å². The second-order valence-corrected chi connectivity index (χ2v) is 9.74. The molecule has 1 saturated carbocycles. The molecule has 1 aliphatic carbocycles. The molecular weight excluding hydrogens is 464 g/mol. The van der Waals surface area contributed by atoms with Gasteiger partial charge in [0.2, 0.25) is 5.91 Å². The Labute approximate surface area is 204 Å². The first-order chi connectivity index (χ1) is 17.0. The number of benzene rings is 2. The third-order valence-corrected chi connectivity index (χ3v) is 7.55. The molecule has 0 bridgehead atoms. The Morgan fingerprint density at radius 1 is 1.29 bits per heavy atom. The van der Waals surface area contributed by atoms with Crippen LogP contribution in [0.3, 0.4) is 0 Å². The summed E-state index contributed by atoms with van der Waals surface area (Å²) in [6, 6.07) is 11.5. The number of ether oxygens (including phenoxy) is 1. The Morgan fingerprint density at radius 3 is 2.86 bits per heavy atom. The van der Waals surface area contributed by atoms with Crippen LogP contribution in [0.15, 0.2) is 58.2 Å². The van der Waals surface area contributed by atoms with Crippen LogP contribution >= 0.6 is 11.3 Å². The lowest BCUT2D eigenvalue weighted by Gasteiger charge is -2.15. The van der Waals surface area contributed by atoms with Gasteiger partial charge >= 0.3 is 0 Å². The van der Waals surface area contributed by atoms with Crippen LogP contribution in [0.1, 0.15) is 35.6 Å². The molecule has 9 heteroatoms. The Hall–Kier alpha value is -3.98. The molecule has 0 spiro atoms. The van der Waals surface area contributed by atoms with Crippen molar-refractivity contribution in [2.45, 2.75) is 31.7 Å². The highest BCUT2D eigenvalue weighted by Crippen LogP contribution is 2.46. The Balaban J connectivity index is 1.65. The fraction of sp³-hybridized carbons (Fsp3) is 0.231. The smallest absolute Gasteiger partial charge is 0.263 e.